The summed E-state index contributed by atoms with van der Waals surface area (Å²) in [5.41, 5.74) is 11.1. The Balaban J connectivity index is 0.885. The van der Waals surface area contributed by atoms with Gasteiger partial charge >= 0.3 is 0 Å². The number of aromatic nitrogens is 3. The van der Waals surface area contributed by atoms with Crippen molar-refractivity contribution < 1.29 is 9.15 Å². The first-order chi connectivity index (χ1) is 40.2. The number of hydrogen-bond donors (Lipinski definition) is 0. The fourth-order valence-electron chi connectivity index (χ4n) is 11.7. The molecule has 19 heteroatoms. The number of oxazole rings is 1. The van der Waals surface area contributed by atoms with Gasteiger partial charge in [-0.25, -0.2) is 0 Å². The molecule has 0 N–H and O–H groups in total. The van der Waals surface area contributed by atoms with E-state index < -0.39 is 17.3 Å². The van der Waals surface area contributed by atoms with Gasteiger partial charge in [0.25, 0.3) is 0 Å². The molecular weight excluding hydrogens is 1350 g/mol. The van der Waals surface area contributed by atoms with Crippen LogP contribution in [0.3, 0.4) is 0 Å². The average Bonchev–Trinajstić information content (AvgIpc) is 2.75. The number of rotatable bonds is 9. The number of ether oxygens (including phenoxy) is 1. The molecule has 0 saturated heterocycles. The van der Waals surface area contributed by atoms with E-state index in [-0.39, 0.29) is 55.2 Å². The molecule has 4 aromatic heterocycles. The van der Waals surface area contributed by atoms with Crippen LogP contribution >= 0.6 is 162 Å². The lowest BCUT2D eigenvalue weighted by atomic mass is 9.74. The van der Waals surface area contributed by atoms with Gasteiger partial charge in [-0.15, -0.1) is 0 Å². The first-order valence-corrected chi connectivity index (χ1v) is 30.8. The van der Waals surface area contributed by atoms with E-state index in [1.807, 2.05) is 103 Å². The summed E-state index contributed by atoms with van der Waals surface area (Å²) in [5, 5.41) is 4.59. The Hall–Kier alpha value is -4.74. The Bertz CT molecular complexity index is 4670. The van der Waals surface area contributed by atoms with Crippen LogP contribution in [-0.4, -0.2) is 14.4 Å². The second-order valence-electron chi connectivity index (χ2n) is 20.6. The molecule has 5 nitrogen and oxygen atoms in total. The first kappa shape index (κ1) is 58.3. The van der Waals surface area contributed by atoms with Gasteiger partial charge in [0.2, 0.25) is 5.71 Å². The Morgan fingerprint density at radius 1 is 0.393 bits per heavy atom. The van der Waals surface area contributed by atoms with E-state index in [4.69, 9.17) is 172 Å². The molecule has 1 aliphatic heterocycles. The summed E-state index contributed by atoms with van der Waals surface area (Å²) in [7, 11) is 0. The number of fused-ring (bicyclic) bond motifs is 7. The SMILES string of the molecule is CC1(C)c2ccc(-c3c(Cl)cc(Cl)c(C(c4c(Cl)cncc4Cl)c4c(Cl)cc(-c5c6ccccc6n6c5oc5ccccc56)cc4Cl)c3Cl)cc2Oc2ccc(-c3cc(Cl)c(C(c4c(Cl)cncc4Cl)c4c(Cl)cc(Cl)cc4Cl)c(Cl)c3)cc21. The molecule has 13 rings (SSSR count). The normalized spacial score (nSPS) is 13.6. The topological polar surface area (TPSA) is 52.6 Å². The van der Waals surface area contributed by atoms with Crippen molar-refractivity contribution >= 4 is 190 Å². The number of hydrogen-bond acceptors (Lipinski definition) is 4. The number of pyridine rings is 2. The van der Waals surface area contributed by atoms with Crippen LogP contribution in [0.2, 0.25) is 70.3 Å². The van der Waals surface area contributed by atoms with Crippen molar-refractivity contribution in [3.8, 4) is 44.9 Å². The van der Waals surface area contributed by atoms with Crippen LogP contribution in [-0.2, 0) is 5.41 Å². The second-order valence-corrected chi connectivity index (χ2v) is 26.3. The van der Waals surface area contributed by atoms with Crippen molar-refractivity contribution in [3.63, 3.8) is 0 Å². The fraction of sp³-hybridized carbons (Fsp3) is 0.0769. The minimum Gasteiger partial charge on any atom is -0.457 e. The molecule has 0 fully saturated rings. The highest BCUT2D eigenvalue weighted by Crippen LogP contribution is 2.57. The van der Waals surface area contributed by atoms with Crippen molar-refractivity contribution in [2.24, 2.45) is 0 Å². The molecule has 0 aliphatic carbocycles. The minimum atomic E-state index is -0.953. The lowest BCUT2D eigenvalue weighted by molar-refractivity contribution is 0.418. The number of halogens is 14. The van der Waals surface area contributed by atoms with Crippen molar-refractivity contribution in [3.05, 3.63) is 267 Å². The summed E-state index contributed by atoms with van der Waals surface area (Å²) in [6.07, 6.45) is 5.94. The Morgan fingerprint density at radius 2 is 0.881 bits per heavy atom. The molecule has 0 spiro atoms. The van der Waals surface area contributed by atoms with Crippen LogP contribution in [0.25, 0.3) is 61.1 Å². The molecule has 418 valence electrons. The smallest absolute Gasteiger partial charge is 0.213 e. The fourth-order valence-corrected chi connectivity index (χ4v) is 16.6. The molecule has 8 aromatic carbocycles. The third kappa shape index (κ3) is 9.70. The third-order valence-electron chi connectivity index (χ3n) is 15.5. The lowest BCUT2D eigenvalue weighted by Gasteiger charge is -2.35. The van der Waals surface area contributed by atoms with Gasteiger partial charge in [-0.1, -0.05) is 225 Å². The second kappa shape index (κ2) is 22.4. The summed E-state index contributed by atoms with van der Waals surface area (Å²) in [6, 6.07) is 39.8. The zero-order chi connectivity index (χ0) is 58.9. The summed E-state index contributed by atoms with van der Waals surface area (Å²) >= 11 is 99.8. The van der Waals surface area contributed by atoms with Crippen molar-refractivity contribution in [2.75, 3.05) is 0 Å². The largest absolute Gasteiger partial charge is 0.457 e. The van der Waals surface area contributed by atoms with Gasteiger partial charge in [-0.3, -0.25) is 14.4 Å². The lowest BCUT2D eigenvalue weighted by Crippen LogP contribution is -2.24. The van der Waals surface area contributed by atoms with E-state index in [0.29, 0.717) is 82.4 Å². The molecule has 12 aromatic rings. The maximum Gasteiger partial charge on any atom is 0.213 e. The molecule has 0 saturated carbocycles. The van der Waals surface area contributed by atoms with Crippen molar-refractivity contribution in [1.82, 2.24) is 14.4 Å². The quantitative estimate of drug-likeness (QED) is 0.145. The highest BCUT2D eigenvalue weighted by Gasteiger charge is 2.38. The molecule has 2 unspecified atom stereocenters. The number of para-hydroxylation sites is 3. The van der Waals surface area contributed by atoms with Gasteiger partial charge in [-0.2, -0.15) is 0 Å². The molecule has 0 radical (unpaired) electrons. The van der Waals surface area contributed by atoms with E-state index >= 15 is 0 Å². The van der Waals surface area contributed by atoms with Gasteiger partial charge in [0, 0.05) is 138 Å². The monoisotopic (exact) mass is 1380 g/mol. The van der Waals surface area contributed by atoms with Crippen LogP contribution < -0.4 is 4.74 Å². The first-order valence-electron chi connectivity index (χ1n) is 25.5. The minimum absolute atomic E-state index is 0.195. The van der Waals surface area contributed by atoms with E-state index in [9.17, 15) is 0 Å². The van der Waals surface area contributed by atoms with Crippen molar-refractivity contribution in [2.45, 2.75) is 31.1 Å². The highest BCUT2D eigenvalue weighted by molar-refractivity contribution is 6.45. The molecule has 1 aliphatic rings. The summed E-state index contributed by atoms with van der Waals surface area (Å²) < 4.78 is 15.4. The molecule has 0 amide bonds. The Labute approximate surface area is 551 Å². The van der Waals surface area contributed by atoms with Crippen LogP contribution in [0.5, 0.6) is 11.5 Å². The molecule has 0 bridgehead atoms. The van der Waals surface area contributed by atoms with Crippen LogP contribution in [0.4, 0.5) is 0 Å². The summed E-state index contributed by atoms with van der Waals surface area (Å²) in [4.78, 5) is 8.43. The number of nitrogens with zero attached hydrogens (tertiary/aromatic N) is 3. The number of benzene rings is 8. The maximum atomic E-state index is 7.72. The van der Waals surface area contributed by atoms with Gasteiger partial charge in [0.1, 0.15) is 11.5 Å². The maximum absolute atomic E-state index is 7.72. The van der Waals surface area contributed by atoms with E-state index in [1.165, 1.54) is 24.8 Å². The average molecular weight is 1380 g/mol. The van der Waals surface area contributed by atoms with Gasteiger partial charge < -0.3 is 9.15 Å². The molecule has 5 heterocycles. The van der Waals surface area contributed by atoms with Crippen molar-refractivity contribution in [1.29, 1.82) is 0 Å². The zero-order valence-corrected chi connectivity index (χ0v) is 53.6. The van der Waals surface area contributed by atoms with Crippen LogP contribution in [0.1, 0.15) is 70.2 Å². The van der Waals surface area contributed by atoms with Crippen LogP contribution in [0.15, 0.2) is 157 Å². The van der Waals surface area contributed by atoms with E-state index in [0.717, 1.165) is 49.8 Å². The Kier molecular flexibility index (Phi) is 15.6. The van der Waals surface area contributed by atoms with Gasteiger partial charge in [0.15, 0.2) is 5.58 Å². The summed E-state index contributed by atoms with van der Waals surface area (Å²) in [6.45, 7) is 4.24. The zero-order valence-electron chi connectivity index (χ0n) is 43.0. The highest BCUT2D eigenvalue weighted by atomic mass is 35.5. The standard InChI is InChI=1S/C65H33Cl14N3O2/c1-65(2)34-13-11-29(20-52(34)83-50-14-12-28(15-35(50)65)30-16-36(67)55(37(68)17-30)61(58-44(75)24-80-25-45(58)76)57-40(71)21-32(66)22-41(57)72)54-42(73)23-43(74)60(63(54)79)62(59-46(77)26-81-27-47(59)78)56-38(69)18-31(19-39(56)70)53-33-7-3-4-8-48(33)82-49-9-5-6-10-51(49)84-64(53)82/h3-27,61-62H,1-2H3. The van der Waals surface area contributed by atoms with E-state index in [2.05, 4.69) is 34.3 Å². The summed E-state index contributed by atoms with van der Waals surface area (Å²) in [5.74, 6) is -0.574. The Morgan fingerprint density at radius 3 is 1.48 bits per heavy atom. The van der Waals surface area contributed by atoms with Gasteiger partial charge in [-0.05, 0) is 101 Å². The van der Waals surface area contributed by atoms with Crippen LogP contribution in [0, 0.1) is 0 Å². The molecular formula is C65H33Cl14N3O2. The third-order valence-corrected chi connectivity index (χ3v) is 19.8. The molecule has 84 heavy (non-hydrogen) atoms. The predicted molar refractivity (Wildman–Crippen MR) is 353 cm³/mol. The van der Waals surface area contributed by atoms with E-state index in [1.54, 1.807) is 18.2 Å². The molecule has 2 atom stereocenters. The van der Waals surface area contributed by atoms with Gasteiger partial charge in [0.05, 0.1) is 46.7 Å². The predicted octanol–water partition coefficient (Wildman–Crippen LogP) is 25.6.